The number of hydrogen-bond donors (Lipinski definition) is 4. The summed E-state index contributed by atoms with van der Waals surface area (Å²) in [5.74, 6) is 1.11. The number of ether oxygens (including phenoxy) is 3. The summed E-state index contributed by atoms with van der Waals surface area (Å²) >= 11 is 0. The Morgan fingerprint density at radius 3 is 2.32 bits per heavy atom. The van der Waals surface area contributed by atoms with Crippen LogP contribution in [0.25, 0.3) is 5.65 Å². The summed E-state index contributed by atoms with van der Waals surface area (Å²) in [5, 5.41) is 9.65. The maximum atomic E-state index is 12.5. The van der Waals surface area contributed by atoms with E-state index < -0.39 is 17.6 Å². The normalized spacial score (nSPS) is 17.5. The van der Waals surface area contributed by atoms with Crippen LogP contribution in [0.3, 0.4) is 0 Å². The van der Waals surface area contributed by atoms with Gasteiger partial charge in [0.2, 0.25) is 5.95 Å². The van der Waals surface area contributed by atoms with Gasteiger partial charge >= 0.3 is 6.09 Å². The van der Waals surface area contributed by atoms with Gasteiger partial charge in [0, 0.05) is 42.3 Å². The van der Waals surface area contributed by atoms with E-state index >= 15 is 0 Å². The molecule has 3 aromatic rings. The average Bonchev–Trinajstić information content (AvgIpc) is 3.33. The summed E-state index contributed by atoms with van der Waals surface area (Å²) in [5.41, 5.74) is 6.23. The molecule has 4 rings (SSSR count). The SMILES string of the molecule is COc1cc(Nc2nc(N[C@H]3CCCC[C@H]3NC(=O)OC(C)(C)C)n3ccnc3c2C(N)=O)cc(OC)c1. The number of aromatic nitrogens is 3. The Hall–Kier alpha value is -4.22. The first-order valence-corrected chi connectivity index (χ1v) is 12.5. The van der Waals surface area contributed by atoms with Crippen LogP contribution in [0.4, 0.5) is 22.2 Å². The number of methoxy groups -OCH3 is 2. The maximum Gasteiger partial charge on any atom is 0.407 e. The average molecular weight is 526 g/mol. The van der Waals surface area contributed by atoms with E-state index in [1.807, 2.05) is 20.8 Å². The molecule has 1 aliphatic rings. The Kier molecular flexibility index (Phi) is 7.79. The fourth-order valence-corrected chi connectivity index (χ4v) is 4.52. The lowest BCUT2D eigenvalue weighted by Gasteiger charge is -2.34. The predicted molar refractivity (Wildman–Crippen MR) is 143 cm³/mol. The van der Waals surface area contributed by atoms with Crippen LogP contribution in [0.1, 0.15) is 56.8 Å². The predicted octanol–water partition coefficient (Wildman–Crippen LogP) is 3.84. The highest BCUT2D eigenvalue weighted by Crippen LogP contribution is 2.31. The van der Waals surface area contributed by atoms with Crippen LogP contribution in [0.15, 0.2) is 30.6 Å². The Bertz CT molecular complexity index is 1300. The van der Waals surface area contributed by atoms with E-state index in [0.717, 1.165) is 25.7 Å². The fraction of sp³-hybridized carbons (Fsp3) is 0.462. The van der Waals surface area contributed by atoms with Crippen molar-refractivity contribution in [2.24, 2.45) is 5.73 Å². The zero-order valence-corrected chi connectivity index (χ0v) is 22.3. The van der Waals surface area contributed by atoms with Gasteiger partial charge in [0.05, 0.1) is 20.3 Å². The number of primary amides is 1. The van der Waals surface area contributed by atoms with Gasteiger partial charge in [-0.2, -0.15) is 4.98 Å². The number of anilines is 3. The Morgan fingerprint density at radius 1 is 1.05 bits per heavy atom. The van der Waals surface area contributed by atoms with Gasteiger partial charge in [-0.15, -0.1) is 0 Å². The van der Waals surface area contributed by atoms with Gasteiger partial charge in [-0.1, -0.05) is 12.8 Å². The monoisotopic (exact) mass is 525 g/mol. The smallest absolute Gasteiger partial charge is 0.407 e. The first kappa shape index (κ1) is 26.8. The number of fused-ring (bicyclic) bond motifs is 1. The molecule has 2 atom stereocenters. The third kappa shape index (κ3) is 6.18. The van der Waals surface area contributed by atoms with Crippen molar-refractivity contribution < 1.29 is 23.8 Å². The summed E-state index contributed by atoms with van der Waals surface area (Å²) in [7, 11) is 3.10. The Balaban J connectivity index is 1.69. The second-order valence-electron chi connectivity index (χ2n) is 10.2. The van der Waals surface area contributed by atoms with Crippen LogP contribution in [0.5, 0.6) is 11.5 Å². The summed E-state index contributed by atoms with van der Waals surface area (Å²) in [6, 6.07) is 4.94. The molecule has 1 aliphatic carbocycles. The van der Waals surface area contributed by atoms with E-state index in [1.165, 1.54) is 0 Å². The lowest BCUT2D eigenvalue weighted by atomic mass is 9.90. The quantitative estimate of drug-likeness (QED) is 0.343. The van der Waals surface area contributed by atoms with Gasteiger partial charge in [0.1, 0.15) is 22.7 Å². The Morgan fingerprint density at radius 2 is 1.71 bits per heavy atom. The summed E-state index contributed by atoms with van der Waals surface area (Å²) in [6.07, 6.45) is 6.39. The summed E-state index contributed by atoms with van der Waals surface area (Å²) < 4.78 is 17.9. The minimum absolute atomic E-state index is 0.126. The minimum atomic E-state index is -0.681. The molecule has 0 spiro atoms. The first-order valence-electron chi connectivity index (χ1n) is 12.5. The molecular weight excluding hydrogens is 490 g/mol. The molecule has 204 valence electrons. The summed E-state index contributed by atoms with van der Waals surface area (Å²) in [6.45, 7) is 5.49. The highest BCUT2D eigenvalue weighted by molar-refractivity contribution is 6.04. The van der Waals surface area contributed by atoms with Crippen molar-refractivity contribution in [1.82, 2.24) is 19.7 Å². The van der Waals surface area contributed by atoms with Crippen molar-refractivity contribution in [2.75, 3.05) is 24.9 Å². The molecule has 1 saturated carbocycles. The molecule has 0 saturated heterocycles. The molecule has 1 aromatic carbocycles. The summed E-state index contributed by atoms with van der Waals surface area (Å²) in [4.78, 5) is 34.1. The maximum absolute atomic E-state index is 12.5. The molecule has 0 bridgehead atoms. The molecule has 2 aromatic heterocycles. The number of amides is 2. The van der Waals surface area contributed by atoms with Crippen LogP contribution in [-0.2, 0) is 4.74 Å². The van der Waals surface area contributed by atoms with E-state index in [9.17, 15) is 9.59 Å². The molecule has 38 heavy (non-hydrogen) atoms. The molecule has 12 nitrogen and oxygen atoms in total. The molecule has 12 heteroatoms. The molecule has 0 aliphatic heterocycles. The number of alkyl carbamates (subject to hydrolysis) is 1. The van der Waals surface area contributed by atoms with E-state index in [4.69, 9.17) is 24.9 Å². The standard InChI is InChI=1S/C26H35N7O5/c1-26(2,3)38-25(35)31-19-9-7-6-8-18(19)30-24-32-22(20(21(27)34)23-28-10-11-33(23)24)29-15-12-16(36-4)14-17(13-15)37-5/h10-14,18-19,29H,6-9H2,1-5H3,(H2,27,34)(H,30,32)(H,31,35)/t18-,19+/m0/s1. The Labute approximate surface area is 221 Å². The lowest BCUT2D eigenvalue weighted by Crippen LogP contribution is -2.50. The van der Waals surface area contributed by atoms with Gasteiger partial charge in [-0.3, -0.25) is 9.20 Å². The second-order valence-corrected chi connectivity index (χ2v) is 10.2. The zero-order chi connectivity index (χ0) is 27.4. The second kappa shape index (κ2) is 11.0. The molecular formula is C26H35N7O5. The van der Waals surface area contributed by atoms with Gasteiger partial charge in [-0.05, 0) is 33.6 Å². The molecule has 0 unspecified atom stereocenters. The topological polar surface area (TPSA) is 154 Å². The van der Waals surface area contributed by atoms with Crippen LogP contribution >= 0.6 is 0 Å². The van der Waals surface area contributed by atoms with Crippen molar-refractivity contribution >= 4 is 35.1 Å². The van der Waals surface area contributed by atoms with Crippen molar-refractivity contribution in [3.05, 3.63) is 36.2 Å². The van der Waals surface area contributed by atoms with Crippen LogP contribution in [0, 0.1) is 0 Å². The van der Waals surface area contributed by atoms with E-state index in [-0.39, 0.29) is 23.5 Å². The third-order valence-corrected chi connectivity index (χ3v) is 6.19. The molecule has 2 amide bonds. The number of carbonyl (C=O) groups excluding carboxylic acids is 2. The number of nitrogens with two attached hydrogens (primary N) is 1. The van der Waals surface area contributed by atoms with Crippen LogP contribution in [-0.4, -0.2) is 58.3 Å². The molecule has 5 N–H and O–H groups in total. The number of nitrogens with one attached hydrogen (secondary N) is 3. The highest BCUT2D eigenvalue weighted by atomic mass is 16.6. The fourth-order valence-electron chi connectivity index (χ4n) is 4.52. The van der Waals surface area contributed by atoms with Gasteiger partial charge in [0.15, 0.2) is 11.5 Å². The largest absolute Gasteiger partial charge is 0.497 e. The van der Waals surface area contributed by atoms with Gasteiger partial charge < -0.3 is 35.9 Å². The minimum Gasteiger partial charge on any atom is -0.497 e. The number of rotatable bonds is 8. The number of carbonyl (C=O) groups is 2. The van der Waals surface area contributed by atoms with Crippen LogP contribution in [0.2, 0.25) is 0 Å². The lowest BCUT2D eigenvalue weighted by molar-refractivity contribution is 0.0488. The number of hydrogen-bond acceptors (Lipinski definition) is 9. The van der Waals surface area contributed by atoms with Crippen LogP contribution < -0.4 is 31.2 Å². The van der Waals surface area contributed by atoms with Gasteiger partial charge in [0.25, 0.3) is 5.91 Å². The number of imidazole rings is 1. The van der Waals surface area contributed by atoms with Crippen molar-refractivity contribution in [3.8, 4) is 11.5 Å². The zero-order valence-electron chi connectivity index (χ0n) is 22.3. The highest BCUT2D eigenvalue weighted by Gasteiger charge is 2.30. The molecule has 1 fully saturated rings. The van der Waals surface area contributed by atoms with Gasteiger partial charge in [-0.25, -0.2) is 9.78 Å². The van der Waals surface area contributed by atoms with E-state index in [2.05, 4.69) is 20.9 Å². The molecule has 2 heterocycles. The molecule has 0 radical (unpaired) electrons. The van der Waals surface area contributed by atoms with Crippen molar-refractivity contribution in [2.45, 2.75) is 64.1 Å². The van der Waals surface area contributed by atoms with E-state index in [0.29, 0.717) is 28.8 Å². The van der Waals surface area contributed by atoms with Crippen molar-refractivity contribution in [1.29, 1.82) is 0 Å². The van der Waals surface area contributed by atoms with Crippen molar-refractivity contribution in [3.63, 3.8) is 0 Å². The number of benzene rings is 1. The number of nitrogens with zero attached hydrogens (tertiary/aromatic N) is 3. The first-order chi connectivity index (χ1) is 18.1. The third-order valence-electron chi connectivity index (χ3n) is 6.19. The van der Waals surface area contributed by atoms with E-state index in [1.54, 1.807) is 49.2 Å².